The van der Waals surface area contributed by atoms with Crippen molar-refractivity contribution in [3.05, 3.63) is 0 Å². The molecule has 0 aromatic rings. The number of hydrogen-bond acceptors (Lipinski definition) is 7. The molecule has 0 spiro atoms. The van der Waals surface area contributed by atoms with Crippen LogP contribution in [0, 0.1) is 5.92 Å². The van der Waals surface area contributed by atoms with Crippen LogP contribution in [0.1, 0.15) is 46.0 Å². The van der Waals surface area contributed by atoms with Crippen molar-refractivity contribution in [3.8, 4) is 0 Å². The summed E-state index contributed by atoms with van der Waals surface area (Å²) in [6.07, 6.45) is -1.27. The molecule has 0 aromatic heterocycles. The number of ether oxygens (including phenoxy) is 1. The van der Waals surface area contributed by atoms with Crippen LogP contribution in [0.3, 0.4) is 0 Å². The molecule has 1 fully saturated rings. The zero-order valence-corrected chi connectivity index (χ0v) is 17.8. The lowest BCUT2D eigenvalue weighted by atomic mass is 10.1. The van der Waals surface area contributed by atoms with Crippen LogP contribution >= 0.6 is 0 Å². The van der Waals surface area contributed by atoms with Gasteiger partial charge in [0.05, 0.1) is 6.61 Å². The molecule has 5 N–H and O–H groups in total. The minimum absolute atomic E-state index is 0.00396. The van der Waals surface area contributed by atoms with Gasteiger partial charge in [0, 0.05) is 45.6 Å². The summed E-state index contributed by atoms with van der Waals surface area (Å²) < 4.78 is 5.38. The van der Waals surface area contributed by atoms with Gasteiger partial charge in [0.15, 0.2) is 0 Å². The third-order valence-electron chi connectivity index (χ3n) is 4.97. The molecular weight excluding hydrogens is 378 g/mol. The van der Waals surface area contributed by atoms with Crippen molar-refractivity contribution in [3.63, 3.8) is 0 Å². The summed E-state index contributed by atoms with van der Waals surface area (Å²) in [7, 11) is 0. The first-order valence-corrected chi connectivity index (χ1v) is 10.6. The summed E-state index contributed by atoms with van der Waals surface area (Å²) in [5.41, 5.74) is 5.51. The number of amides is 2. The van der Waals surface area contributed by atoms with Crippen molar-refractivity contribution in [2.75, 3.05) is 45.9 Å². The molecule has 1 heterocycles. The van der Waals surface area contributed by atoms with Gasteiger partial charge in [0.1, 0.15) is 18.3 Å². The maximum atomic E-state index is 12.7. The van der Waals surface area contributed by atoms with Gasteiger partial charge >= 0.3 is 0 Å². The Hall–Kier alpha value is -1.26. The number of nitrogens with zero attached hydrogens (tertiary/aromatic N) is 2. The highest BCUT2D eigenvalue weighted by Gasteiger charge is 2.29. The number of rotatable bonds is 5. The van der Waals surface area contributed by atoms with Crippen molar-refractivity contribution >= 4 is 11.8 Å². The molecule has 9 nitrogen and oxygen atoms in total. The van der Waals surface area contributed by atoms with Gasteiger partial charge in [-0.25, -0.2) is 0 Å². The molecule has 1 aliphatic rings. The SMILES string of the molecule is CC(C)CC(=O)N1CCN(C(=O)CCCN)CCCCOC[C@@H](O)[C@H](O)[C@@H](O)C1. The Kier molecular flexibility index (Phi) is 12.3. The van der Waals surface area contributed by atoms with Crippen LogP contribution in [0.5, 0.6) is 0 Å². The van der Waals surface area contributed by atoms with Crippen molar-refractivity contribution < 1.29 is 29.6 Å². The second-order valence-corrected chi connectivity index (χ2v) is 8.12. The molecule has 9 heteroatoms. The minimum atomic E-state index is -1.42. The summed E-state index contributed by atoms with van der Waals surface area (Å²) in [6, 6.07) is 0. The quantitative estimate of drug-likeness (QED) is 0.465. The Labute approximate surface area is 173 Å². The maximum Gasteiger partial charge on any atom is 0.222 e. The fourth-order valence-corrected chi connectivity index (χ4v) is 3.21. The van der Waals surface area contributed by atoms with E-state index in [2.05, 4.69) is 0 Å². The van der Waals surface area contributed by atoms with Crippen molar-refractivity contribution in [1.82, 2.24) is 9.80 Å². The lowest BCUT2D eigenvalue weighted by molar-refractivity contribution is -0.140. The predicted octanol–water partition coefficient (Wildman–Crippen LogP) is -0.678. The highest BCUT2D eigenvalue weighted by Crippen LogP contribution is 2.11. The Morgan fingerprint density at radius 1 is 1.03 bits per heavy atom. The van der Waals surface area contributed by atoms with E-state index in [1.165, 1.54) is 4.90 Å². The first kappa shape index (κ1) is 25.8. The first-order valence-electron chi connectivity index (χ1n) is 10.6. The number of nitrogens with two attached hydrogens (primary N) is 1. The van der Waals surface area contributed by atoms with Crippen LogP contribution in [-0.4, -0.2) is 101 Å². The van der Waals surface area contributed by atoms with Crippen molar-refractivity contribution in [2.24, 2.45) is 11.7 Å². The third kappa shape index (κ3) is 9.86. The molecule has 0 bridgehead atoms. The fraction of sp³-hybridized carbons (Fsp3) is 0.900. The van der Waals surface area contributed by atoms with E-state index in [-0.39, 0.29) is 37.4 Å². The molecule has 0 radical (unpaired) electrons. The van der Waals surface area contributed by atoms with Gasteiger partial charge in [-0.1, -0.05) is 13.8 Å². The van der Waals surface area contributed by atoms with E-state index in [4.69, 9.17) is 10.5 Å². The molecule has 0 unspecified atom stereocenters. The summed E-state index contributed by atoms with van der Waals surface area (Å²) in [5.74, 6) is -0.0203. The normalized spacial score (nSPS) is 25.7. The van der Waals surface area contributed by atoms with E-state index in [9.17, 15) is 24.9 Å². The van der Waals surface area contributed by atoms with Gasteiger partial charge in [-0.2, -0.15) is 0 Å². The van der Waals surface area contributed by atoms with Gasteiger partial charge in [-0.3, -0.25) is 9.59 Å². The third-order valence-corrected chi connectivity index (χ3v) is 4.97. The molecule has 3 atom stereocenters. The number of β-amino-alcohol motifs (C(OH)–C–C–N with tert-alkyl or cyclic N) is 1. The average Bonchev–Trinajstić information content (AvgIpc) is 2.67. The van der Waals surface area contributed by atoms with Crippen LogP contribution in [0.25, 0.3) is 0 Å². The highest BCUT2D eigenvalue weighted by atomic mass is 16.5. The molecule has 170 valence electrons. The van der Waals surface area contributed by atoms with E-state index >= 15 is 0 Å². The Bertz CT molecular complexity index is 491. The molecule has 29 heavy (non-hydrogen) atoms. The second-order valence-electron chi connectivity index (χ2n) is 8.12. The molecule has 0 aromatic carbocycles. The summed E-state index contributed by atoms with van der Waals surface area (Å²) in [5, 5.41) is 30.6. The van der Waals surface area contributed by atoms with E-state index in [1.54, 1.807) is 4.90 Å². The van der Waals surface area contributed by atoms with Crippen molar-refractivity contribution in [1.29, 1.82) is 0 Å². The molecule has 0 saturated carbocycles. The average molecular weight is 418 g/mol. The predicted molar refractivity (Wildman–Crippen MR) is 109 cm³/mol. The Morgan fingerprint density at radius 3 is 2.38 bits per heavy atom. The summed E-state index contributed by atoms with van der Waals surface area (Å²) >= 11 is 0. The minimum Gasteiger partial charge on any atom is -0.388 e. The standard InChI is InChI=1S/C20H39N3O6/c1-15(2)12-19(27)23-10-9-22(18(26)6-5-7-21)8-3-4-11-29-14-17(25)20(28)16(24)13-23/h15-17,20,24-25,28H,3-14,21H2,1-2H3/t16-,17+,20+/m0/s1. The van der Waals surface area contributed by atoms with Crippen LogP contribution in [0.4, 0.5) is 0 Å². The monoisotopic (exact) mass is 417 g/mol. The number of hydrogen-bond donors (Lipinski definition) is 4. The maximum absolute atomic E-state index is 12.7. The van der Waals surface area contributed by atoms with Gasteiger partial charge in [-0.05, 0) is 31.7 Å². The lowest BCUT2D eigenvalue weighted by Gasteiger charge is -2.32. The molecule has 1 aliphatic heterocycles. The van der Waals surface area contributed by atoms with Gasteiger partial charge in [0.2, 0.25) is 11.8 Å². The summed E-state index contributed by atoms with van der Waals surface area (Å²) in [4.78, 5) is 28.4. The largest absolute Gasteiger partial charge is 0.388 e. The van der Waals surface area contributed by atoms with Gasteiger partial charge in [0.25, 0.3) is 0 Å². The smallest absolute Gasteiger partial charge is 0.222 e. The van der Waals surface area contributed by atoms with Crippen molar-refractivity contribution in [2.45, 2.75) is 64.3 Å². The van der Waals surface area contributed by atoms with E-state index in [1.807, 2.05) is 13.8 Å². The highest BCUT2D eigenvalue weighted by molar-refractivity contribution is 5.77. The second kappa shape index (κ2) is 13.9. The van der Waals surface area contributed by atoms with E-state index in [0.717, 1.165) is 6.42 Å². The summed E-state index contributed by atoms with van der Waals surface area (Å²) in [6.45, 7) is 5.63. The van der Waals surface area contributed by atoms with Gasteiger partial charge in [-0.15, -0.1) is 0 Å². The van der Waals surface area contributed by atoms with Crippen LogP contribution < -0.4 is 5.73 Å². The molecule has 2 amide bonds. The van der Waals surface area contributed by atoms with E-state index in [0.29, 0.717) is 51.9 Å². The fourth-order valence-electron chi connectivity index (χ4n) is 3.21. The molecule has 1 rings (SSSR count). The zero-order valence-electron chi connectivity index (χ0n) is 17.8. The topological polar surface area (TPSA) is 137 Å². The van der Waals surface area contributed by atoms with Crippen LogP contribution in [0.2, 0.25) is 0 Å². The molecular formula is C20H39N3O6. The molecule has 1 saturated heterocycles. The van der Waals surface area contributed by atoms with E-state index < -0.39 is 18.3 Å². The number of carbonyl (C=O) groups excluding carboxylic acids is 2. The molecule has 0 aliphatic carbocycles. The lowest BCUT2D eigenvalue weighted by Crippen LogP contribution is -2.50. The first-order chi connectivity index (χ1) is 13.8. The Morgan fingerprint density at radius 2 is 1.72 bits per heavy atom. The number of carbonyl (C=O) groups is 2. The number of aliphatic hydroxyl groups excluding tert-OH is 3. The van der Waals surface area contributed by atoms with Crippen LogP contribution in [0.15, 0.2) is 0 Å². The van der Waals surface area contributed by atoms with Gasteiger partial charge < -0.3 is 35.6 Å². The van der Waals surface area contributed by atoms with Crippen LogP contribution in [-0.2, 0) is 14.3 Å². The number of aliphatic hydroxyl groups is 3. The zero-order chi connectivity index (χ0) is 21.8. The Balaban J connectivity index is 2.92.